The molecule has 0 saturated heterocycles. The first-order chi connectivity index (χ1) is 12.0. The zero-order valence-corrected chi connectivity index (χ0v) is 14.3. The first-order valence-corrected chi connectivity index (χ1v) is 8.15. The van der Waals surface area contributed by atoms with Crippen LogP contribution in [-0.4, -0.2) is 18.2 Å². The quantitative estimate of drug-likeness (QED) is 0.686. The molecule has 1 N–H and O–H groups in total. The number of Topliss-reactive ketones (excluding diaryl/α,β-unsaturated/α-hetero) is 1. The van der Waals surface area contributed by atoms with Gasteiger partial charge in [-0.05, 0) is 31.2 Å². The van der Waals surface area contributed by atoms with Crippen LogP contribution < -0.4 is 5.32 Å². The number of amides is 1. The van der Waals surface area contributed by atoms with Gasteiger partial charge in [0.1, 0.15) is 5.76 Å². The summed E-state index contributed by atoms with van der Waals surface area (Å²) in [5.74, 6) is 0.0252. The maximum Gasteiger partial charge on any atom is 0.287 e. The SMILES string of the molecule is Cc1ccc(C(=O)CNC(=O)c2ccc(-c3ccccc3Cl)o2)cc1. The third-order valence-corrected chi connectivity index (χ3v) is 4.08. The predicted molar refractivity (Wildman–Crippen MR) is 97.0 cm³/mol. The van der Waals surface area contributed by atoms with Crippen LogP contribution in [0.1, 0.15) is 26.5 Å². The number of carbonyl (C=O) groups excluding carboxylic acids is 2. The first-order valence-electron chi connectivity index (χ1n) is 7.77. The number of hydrogen-bond acceptors (Lipinski definition) is 3. The Bertz CT molecular complexity index is 913. The van der Waals surface area contributed by atoms with Gasteiger partial charge in [-0.15, -0.1) is 0 Å². The molecule has 0 unspecified atom stereocenters. The average Bonchev–Trinajstić information content (AvgIpc) is 3.10. The number of furan rings is 1. The lowest BCUT2D eigenvalue weighted by Gasteiger charge is -2.04. The number of hydrogen-bond donors (Lipinski definition) is 1. The van der Waals surface area contributed by atoms with Gasteiger partial charge >= 0.3 is 0 Å². The van der Waals surface area contributed by atoms with Gasteiger partial charge in [0, 0.05) is 11.1 Å². The second kappa shape index (κ2) is 7.36. The van der Waals surface area contributed by atoms with Crippen LogP contribution >= 0.6 is 11.6 Å². The molecule has 0 aliphatic carbocycles. The molecule has 1 aromatic heterocycles. The summed E-state index contributed by atoms with van der Waals surface area (Å²) in [4.78, 5) is 24.3. The van der Waals surface area contributed by atoms with Crippen molar-refractivity contribution in [2.75, 3.05) is 6.54 Å². The van der Waals surface area contributed by atoms with Gasteiger partial charge in [0.2, 0.25) is 0 Å². The third-order valence-electron chi connectivity index (χ3n) is 3.75. The lowest BCUT2D eigenvalue weighted by Crippen LogP contribution is -2.29. The molecule has 0 saturated carbocycles. The smallest absolute Gasteiger partial charge is 0.287 e. The fourth-order valence-electron chi connectivity index (χ4n) is 2.35. The monoisotopic (exact) mass is 353 g/mol. The highest BCUT2D eigenvalue weighted by molar-refractivity contribution is 6.33. The molecule has 0 radical (unpaired) electrons. The van der Waals surface area contributed by atoms with Gasteiger partial charge in [0.15, 0.2) is 11.5 Å². The molecule has 25 heavy (non-hydrogen) atoms. The van der Waals surface area contributed by atoms with Crippen LogP contribution in [0.2, 0.25) is 5.02 Å². The van der Waals surface area contributed by atoms with E-state index in [9.17, 15) is 9.59 Å². The van der Waals surface area contributed by atoms with Gasteiger partial charge in [-0.3, -0.25) is 9.59 Å². The van der Waals surface area contributed by atoms with E-state index in [1.54, 1.807) is 30.3 Å². The Hall–Kier alpha value is -2.85. The number of ketones is 1. The normalized spacial score (nSPS) is 10.5. The largest absolute Gasteiger partial charge is 0.451 e. The second-order valence-corrected chi connectivity index (χ2v) is 6.02. The molecule has 3 rings (SSSR count). The van der Waals surface area contributed by atoms with Crippen LogP contribution in [0.15, 0.2) is 65.1 Å². The number of aryl methyl sites for hydroxylation is 1. The molecule has 5 heteroatoms. The van der Waals surface area contributed by atoms with E-state index in [1.165, 1.54) is 0 Å². The van der Waals surface area contributed by atoms with Crippen molar-refractivity contribution in [1.82, 2.24) is 5.32 Å². The van der Waals surface area contributed by atoms with Crippen molar-refractivity contribution in [3.05, 3.63) is 82.6 Å². The summed E-state index contributed by atoms with van der Waals surface area (Å²) in [5.41, 5.74) is 2.34. The van der Waals surface area contributed by atoms with Crippen LogP contribution in [-0.2, 0) is 0 Å². The van der Waals surface area contributed by atoms with Crippen molar-refractivity contribution in [2.45, 2.75) is 6.92 Å². The third kappa shape index (κ3) is 3.98. The van der Waals surface area contributed by atoms with Crippen molar-refractivity contribution < 1.29 is 14.0 Å². The number of carbonyl (C=O) groups is 2. The summed E-state index contributed by atoms with van der Waals surface area (Å²) >= 11 is 6.12. The first kappa shape index (κ1) is 17.0. The highest BCUT2D eigenvalue weighted by atomic mass is 35.5. The highest BCUT2D eigenvalue weighted by Crippen LogP contribution is 2.28. The van der Waals surface area contributed by atoms with Crippen LogP contribution in [0.25, 0.3) is 11.3 Å². The number of rotatable bonds is 5. The second-order valence-electron chi connectivity index (χ2n) is 5.62. The molecule has 126 valence electrons. The number of benzene rings is 2. The minimum Gasteiger partial charge on any atom is -0.451 e. The van der Waals surface area contributed by atoms with Crippen LogP contribution in [0.4, 0.5) is 0 Å². The summed E-state index contributed by atoms with van der Waals surface area (Å²) in [6.07, 6.45) is 0. The van der Waals surface area contributed by atoms with Crippen molar-refractivity contribution >= 4 is 23.3 Å². The summed E-state index contributed by atoms with van der Waals surface area (Å²) in [5, 5.41) is 3.12. The van der Waals surface area contributed by atoms with Crippen molar-refractivity contribution in [3.63, 3.8) is 0 Å². The summed E-state index contributed by atoms with van der Waals surface area (Å²) < 4.78 is 5.56. The molecular weight excluding hydrogens is 338 g/mol. The van der Waals surface area contributed by atoms with E-state index in [0.29, 0.717) is 21.9 Å². The maximum absolute atomic E-state index is 12.2. The van der Waals surface area contributed by atoms with E-state index < -0.39 is 5.91 Å². The lowest BCUT2D eigenvalue weighted by molar-refractivity contribution is 0.0886. The molecule has 0 aliphatic heterocycles. The lowest BCUT2D eigenvalue weighted by atomic mass is 10.1. The Morgan fingerprint density at radius 2 is 1.72 bits per heavy atom. The zero-order valence-electron chi connectivity index (χ0n) is 13.6. The summed E-state index contributed by atoms with van der Waals surface area (Å²) in [6.45, 7) is 1.85. The fourth-order valence-corrected chi connectivity index (χ4v) is 2.58. The van der Waals surface area contributed by atoms with E-state index >= 15 is 0 Å². The fraction of sp³-hybridized carbons (Fsp3) is 0.100. The van der Waals surface area contributed by atoms with Gasteiger partial charge in [-0.2, -0.15) is 0 Å². The predicted octanol–water partition coefficient (Wildman–Crippen LogP) is 4.52. The van der Waals surface area contributed by atoms with Gasteiger partial charge in [0.05, 0.1) is 11.6 Å². The van der Waals surface area contributed by atoms with Crippen LogP contribution in [0.5, 0.6) is 0 Å². The molecule has 1 heterocycles. The van der Waals surface area contributed by atoms with E-state index in [4.69, 9.17) is 16.0 Å². The molecule has 3 aromatic rings. The Balaban J connectivity index is 1.65. The van der Waals surface area contributed by atoms with Gasteiger partial charge in [0.25, 0.3) is 5.91 Å². The standard InChI is InChI=1S/C20H16ClNO3/c1-13-6-8-14(9-7-13)17(23)12-22-20(24)19-11-10-18(25-19)15-4-2-3-5-16(15)21/h2-11H,12H2,1H3,(H,22,24). The average molecular weight is 354 g/mol. The minimum absolute atomic E-state index is 0.0932. The van der Waals surface area contributed by atoms with Gasteiger partial charge in [-0.1, -0.05) is 53.6 Å². The molecule has 1 amide bonds. The van der Waals surface area contributed by atoms with Gasteiger partial charge < -0.3 is 9.73 Å². The maximum atomic E-state index is 12.2. The van der Waals surface area contributed by atoms with Crippen molar-refractivity contribution in [1.29, 1.82) is 0 Å². The molecule has 4 nitrogen and oxygen atoms in total. The Kier molecular flexibility index (Phi) is 5.00. The van der Waals surface area contributed by atoms with E-state index in [-0.39, 0.29) is 18.1 Å². The summed E-state index contributed by atoms with van der Waals surface area (Å²) in [6, 6.07) is 17.7. The molecule has 0 aliphatic rings. The Morgan fingerprint density at radius 1 is 1.00 bits per heavy atom. The molecule has 0 fully saturated rings. The molecule has 0 bridgehead atoms. The van der Waals surface area contributed by atoms with Crippen LogP contribution in [0.3, 0.4) is 0 Å². The van der Waals surface area contributed by atoms with Crippen LogP contribution in [0, 0.1) is 6.92 Å². The molecule has 0 spiro atoms. The van der Waals surface area contributed by atoms with E-state index in [2.05, 4.69) is 5.32 Å². The topological polar surface area (TPSA) is 59.3 Å². The van der Waals surface area contributed by atoms with Crippen molar-refractivity contribution in [2.24, 2.45) is 0 Å². The Morgan fingerprint density at radius 3 is 2.44 bits per heavy atom. The minimum atomic E-state index is -0.446. The molecule has 0 atom stereocenters. The van der Waals surface area contributed by atoms with E-state index in [1.807, 2.05) is 37.3 Å². The van der Waals surface area contributed by atoms with E-state index in [0.717, 1.165) is 5.56 Å². The molecule has 2 aromatic carbocycles. The Labute approximate surface area is 150 Å². The highest BCUT2D eigenvalue weighted by Gasteiger charge is 2.15. The van der Waals surface area contributed by atoms with Crippen molar-refractivity contribution in [3.8, 4) is 11.3 Å². The number of halogens is 1. The number of nitrogens with one attached hydrogen (secondary N) is 1. The zero-order chi connectivity index (χ0) is 17.8. The van der Waals surface area contributed by atoms with Gasteiger partial charge in [-0.25, -0.2) is 0 Å². The molecular formula is C20H16ClNO3. The summed E-state index contributed by atoms with van der Waals surface area (Å²) in [7, 11) is 0.